The molecular weight excluding hydrogens is 215 g/mol. The summed E-state index contributed by atoms with van der Waals surface area (Å²) in [6.45, 7) is 3.64. The molecule has 1 saturated carbocycles. The lowest BCUT2D eigenvalue weighted by molar-refractivity contribution is -0.143. The fourth-order valence-electron chi connectivity index (χ4n) is 1.89. The molecule has 0 bridgehead atoms. The number of methoxy groups -OCH3 is 2. The minimum Gasteiger partial charge on any atom is -0.469 e. The molecular formula is C11H15FO4. The second-order valence-electron chi connectivity index (χ2n) is 4.35. The van der Waals surface area contributed by atoms with Crippen molar-refractivity contribution in [2.75, 3.05) is 14.2 Å². The average molecular weight is 230 g/mol. The van der Waals surface area contributed by atoms with Crippen molar-refractivity contribution in [2.45, 2.75) is 13.8 Å². The third-order valence-corrected chi connectivity index (χ3v) is 3.07. The highest BCUT2D eigenvalue weighted by Gasteiger charge is 2.61. The van der Waals surface area contributed by atoms with Crippen LogP contribution in [0.2, 0.25) is 0 Å². The van der Waals surface area contributed by atoms with Crippen molar-refractivity contribution < 1.29 is 23.5 Å². The molecule has 0 aromatic heterocycles. The van der Waals surface area contributed by atoms with E-state index in [9.17, 15) is 14.0 Å². The van der Waals surface area contributed by atoms with Crippen molar-refractivity contribution in [2.24, 2.45) is 17.3 Å². The first kappa shape index (κ1) is 12.7. The molecule has 0 N–H and O–H groups in total. The van der Waals surface area contributed by atoms with E-state index in [0.29, 0.717) is 0 Å². The van der Waals surface area contributed by atoms with E-state index in [1.165, 1.54) is 7.11 Å². The van der Waals surface area contributed by atoms with Crippen molar-refractivity contribution in [1.82, 2.24) is 0 Å². The van der Waals surface area contributed by atoms with Gasteiger partial charge in [-0.05, 0) is 17.4 Å². The van der Waals surface area contributed by atoms with Crippen molar-refractivity contribution in [1.29, 1.82) is 0 Å². The summed E-state index contributed by atoms with van der Waals surface area (Å²) in [4.78, 5) is 22.2. The number of rotatable bonds is 3. The van der Waals surface area contributed by atoms with Gasteiger partial charge in [0.1, 0.15) is 0 Å². The van der Waals surface area contributed by atoms with Gasteiger partial charge in [-0.25, -0.2) is 4.79 Å². The van der Waals surface area contributed by atoms with Crippen LogP contribution in [0.25, 0.3) is 0 Å². The van der Waals surface area contributed by atoms with E-state index in [4.69, 9.17) is 0 Å². The minimum absolute atomic E-state index is 0.320. The second kappa shape index (κ2) is 4.23. The van der Waals surface area contributed by atoms with Gasteiger partial charge in [0, 0.05) is 0 Å². The van der Waals surface area contributed by atoms with E-state index < -0.39 is 17.7 Å². The summed E-state index contributed by atoms with van der Waals surface area (Å²) in [6.07, 6.45) is 1.13. The Kier molecular flexibility index (Phi) is 3.35. The minimum atomic E-state index is -1.02. The third-order valence-electron chi connectivity index (χ3n) is 3.07. The maximum atomic E-state index is 13.2. The smallest absolute Gasteiger partial charge is 0.366 e. The molecule has 0 radical (unpaired) electrons. The summed E-state index contributed by atoms with van der Waals surface area (Å²) in [7, 11) is 2.39. The van der Waals surface area contributed by atoms with E-state index >= 15 is 0 Å². The van der Waals surface area contributed by atoms with Gasteiger partial charge in [-0.2, -0.15) is 4.39 Å². The van der Waals surface area contributed by atoms with E-state index in [0.717, 1.165) is 13.2 Å². The van der Waals surface area contributed by atoms with Gasteiger partial charge in [-0.3, -0.25) is 4.79 Å². The molecule has 1 fully saturated rings. The second-order valence-corrected chi connectivity index (χ2v) is 4.35. The van der Waals surface area contributed by atoms with Gasteiger partial charge in [-0.1, -0.05) is 13.8 Å². The molecule has 0 aliphatic heterocycles. The zero-order valence-corrected chi connectivity index (χ0v) is 9.74. The number of allylic oxidation sites excluding steroid dienone is 1. The maximum Gasteiger partial charge on any atom is 0.366 e. The predicted molar refractivity (Wildman–Crippen MR) is 54.0 cm³/mol. The lowest BCUT2D eigenvalue weighted by Crippen LogP contribution is -2.07. The molecule has 2 atom stereocenters. The number of esters is 2. The standard InChI is InChI=1S/C11H15FO4/c1-11(2)6(8(11)10(14)16-4)5-7(12)9(13)15-3/h5-6,8H,1-4H3/b7-5-. The molecule has 90 valence electrons. The van der Waals surface area contributed by atoms with Crippen LogP contribution in [0.3, 0.4) is 0 Å². The van der Waals surface area contributed by atoms with Crippen molar-refractivity contribution in [3.63, 3.8) is 0 Å². The summed E-state index contributed by atoms with van der Waals surface area (Å²) in [6, 6.07) is 0. The fraction of sp³-hybridized carbons (Fsp3) is 0.636. The molecule has 16 heavy (non-hydrogen) atoms. The summed E-state index contributed by atoms with van der Waals surface area (Å²) >= 11 is 0. The molecule has 4 nitrogen and oxygen atoms in total. The van der Waals surface area contributed by atoms with Gasteiger partial charge < -0.3 is 9.47 Å². The molecule has 0 amide bonds. The third kappa shape index (κ3) is 2.08. The van der Waals surface area contributed by atoms with Crippen LogP contribution in [-0.4, -0.2) is 26.2 Å². The van der Waals surface area contributed by atoms with E-state index in [-0.39, 0.29) is 17.3 Å². The van der Waals surface area contributed by atoms with Crippen LogP contribution in [0.15, 0.2) is 11.9 Å². The first-order valence-electron chi connectivity index (χ1n) is 4.89. The number of halogens is 1. The number of hydrogen-bond acceptors (Lipinski definition) is 4. The summed E-state index contributed by atoms with van der Waals surface area (Å²) in [5.74, 6) is -3.09. The quantitative estimate of drug-likeness (QED) is 0.544. The van der Waals surface area contributed by atoms with Gasteiger partial charge in [0.2, 0.25) is 5.83 Å². The van der Waals surface area contributed by atoms with Crippen LogP contribution in [0, 0.1) is 17.3 Å². The zero-order valence-electron chi connectivity index (χ0n) is 9.74. The highest BCUT2D eigenvalue weighted by Crippen LogP contribution is 2.59. The van der Waals surface area contributed by atoms with Gasteiger partial charge >= 0.3 is 11.9 Å². The lowest BCUT2D eigenvalue weighted by atomic mass is 10.1. The molecule has 0 aromatic rings. The van der Waals surface area contributed by atoms with Crippen molar-refractivity contribution in [3.05, 3.63) is 11.9 Å². The number of hydrogen-bond donors (Lipinski definition) is 0. The van der Waals surface area contributed by atoms with E-state index in [1.807, 2.05) is 13.8 Å². The Morgan fingerprint density at radius 3 is 2.25 bits per heavy atom. The van der Waals surface area contributed by atoms with E-state index in [1.54, 1.807) is 0 Å². The Morgan fingerprint density at radius 2 is 1.81 bits per heavy atom. The predicted octanol–water partition coefficient (Wildman–Crippen LogP) is 1.46. The molecule has 0 spiro atoms. The largest absolute Gasteiger partial charge is 0.469 e. The zero-order chi connectivity index (χ0) is 12.5. The molecule has 1 aliphatic carbocycles. The number of ether oxygens (including phenoxy) is 2. The van der Waals surface area contributed by atoms with Crippen LogP contribution in [0.1, 0.15) is 13.8 Å². The van der Waals surface area contributed by atoms with Crippen molar-refractivity contribution in [3.8, 4) is 0 Å². The number of carbonyl (C=O) groups excluding carboxylic acids is 2. The van der Waals surface area contributed by atoms with Gasteiger partial charge in [-0.15, -0.1) is 0 Å². The first-order chi connectivity index (χ1) is 7.36. The molecule has 0 saturated heterocycles. The average Bonchev–Trinajstić information content (AvgIpc) is 2.78. The molecule has 1 rings (SSSR count). The van der Waals surface area contributed by atoms with Crippen LogP contribution in [0.5, 0.6) is 0 Å². The SMILES string of the molecule is COC(=O)/C(F)=C/C1C(C(=O)OC)C1(C)C. The van der Waals surface area contributed by atoms with Crippen LogP contribution < -0.4 is 0 Å². The van der Waals surface area contributed by atoms with E-state index in [2.05, 4.69) is 9.47 Å². The lowest BCUT2D eigenvalue weighted by Gasteiger charge is -1.99. The Bertz CT molecular complexity index is 346. The normalized spacial score (nSPS) is 27.2. The maximum absolute atomic E-state index is 13.2. The summed E-state index contributed by atoms with van der Waals surface area (Å²) in [5, 5.41) is 0. The van der Waals surface area contributed by atoms with Gasteiger partial charge in [0.15, 0.2) is 0 Å². The Morgan fingerprint density at radius 1 is 1.25 bits per heavy atom. The molecule has 5 heteroatoms. The van der Waals surface area contributed by atoms with Gasteiger partial charge in [0.05, 0.1) is 20.1 Å². The topological polar surface area (TPSA) is 52.6 Å². The van der Waals surface area contributed by atoms with Crippen molar-refractivity contribution >= 4 is 11.9 Å². The Labute approximate surface area is 93.4 Å². The summed E-state index contributed by atoms with van der Waals surface area (Å²) in [5.41, 5.74) is -0.377. The highest BCUT2D eigenvalue weighted by atomic mass is 19.1. The molecule has 0 heterocycles. The monoisotopic (exact) mass is 230 g/mol. The van der Waals surface area contributed by atoms with Gasteiger partial charge in [0.25, 0.3) is 0 Å². The number of carbonyl (C=O) groups is 2. The highest BCUT2D eigenvalue weighted by molar-refractivity contribution is 5.86. The first-order valence-corrected chi connectivity index (χ1v) is 4.89. The Balaban J connectivity index is 2.78. The fourth-order valence-corrected chi connectivity index (χ4v) is 1.89. The molecule has 0 aromatic carbocycles. The summed E-state index contributed by atoms with van der Waals surface area (Å²) < 4.78 is 22.0. The Hall–Kier alpha value is -1.39. The van der Waals surface area contributed by atoms with Crippen LogP contribution in [0.4, 0.5) is 4.39 Å². The molecule has 1 aliphatic rings. The molecule has 2 unspecified atom stereocenters. The van der Waals surface area contributed by atoms with Crippen LogP contribution >= 0.6 is 0 Å². The van der Waals surface area contributed by atoms with Crippen LogP contribution in [-0.2, 0) is 19.1 Å².